The number of aliphatic imine (C=N–C) groups is 1. The van der Waals surface area contributed by atoms with Gasteiger partial charge in [-0.3, -0.25) is 9.79 Å². The maximum atomic E-state index is 13.5. The monoisotopic (exact) mass is 387 g/mol. The Hall–Kier alpha value is -3.78. The average Bonchev–Trinajstić information content (AvgIpc) is 2.82. The molecule has 0 saturated carbocycles. The van der Waals surface area contributed by atoms with E-state index in [9.17, 15) is 4.79 Å². The van der Waals surface area contributed by atoms with Gasteiger partial charge in [0.25, 0.3) is 0 Å². The van der Waals surface area contributed by atoms with Crippen LogP contribution >= 0.6 is 0 Å². The quantitative estimate of drug-likeness (QED) is 0.426. The van der Waals surface area contributed by atoms with E-state index in [-0.39, 0.29) is 5.78 Å². The zero-order valence-electron chi connectivity index (χ0n) is 16.7. The fourth-order valence-corrected chi connectivity index (χ4v) is 4.28. The molecule has 0 atom stereocenters. The summed E-state index contributed by atoms with van der Waals surface area (Å²) in [5.41, 5.74) is 5.42. The number of hydrogen-bond acceptors (Lipinski definition) is 2. The fraction of sp³-hybridized carbons (Fsp3) is 0.0714. The lowest BCUT2D eigenvalue weighted by atomic mass is 9.72. The number of nitrogens with zero attached hydrogens (tertiary/aromatic N) is 1. The molecule has 0 amide bonds. The van der Waals surface area contributed by atoms with Crippen LogP contribution in [0.5, 0.6) is 0 Å². The molecule has 0 fully saturated rings. The van der Waals surface area contributed by atoms with Gasteiger partial charge in [0.1, 0.15) is 11.3 Å². The Kier molecular flexibility index (Phi) is 4.40. The predicted octanol–water partition coefficient (Wildman–Crippen LogP) is 5.97. The molecule has 1 aliphatic heterocycles. The van der Waals surface area contributed by atoms with Crippen molar-refractivity contribution in [3.63, 3.8) is 0 Å². The summed E-state index contributed by atoms with van der Waals surface area (Å²) in [7, 11) is 0. The van der Waals surface area contributed by atoms with E-state index in [0.717, 1.165) is 27.8 Å². The van der Waals surface area contributed by atoms with Gasteiger partial charge in [-0.15, -0.1) is 0 Å². The van der Waals surface area contributed by atoms with Crippen molar-refractivity contribution < 1.29 is 4.79 Å². The highest BCUT2D eigenvalue weighted by molar-refractivity contribution is 6.52. The topological polar surface area (TPSA) is 29.4 Å². The molecule has 0 unspecified atom stereocenters. The summed E-state index contributed by atoms with van der Waals surface area (Å²) in [4.78, 5) is 18.8. The van der Waals surface area contributed by atoms with Crippen LogP contribution in [0.15, 0.2) is 114 Å². The molecule has 0 bridgehead atoms. The van der Waals surface area contributed by atoms with Crippen molar-refractivity contribution in [1.29, 1.82) is 0 Å². The molecular weight excluding hydrogens is 366 g/mol. The molecule has 2 heteroatoms. The van der Waals surface area contributed by atoms with E-state index in [0.29, 0.717) is 11.3 Å². The minimum atomic E-state index is -0.784. The first kappa shape index (κ1) is 18.3. The van der Waals surface area contributed by atoms with Gasteiger partial charge in [0.05, 0.1) is 0 Å². The molecule has 1 heterocycles. The van der Waals surface area contributed by atoms with Crippen LogP contribution in [0.4, 0.5) is 0 Å². The lowest BCUT2D eigenvalue weighted by molar-refractivity contribution is 0.106. The predicted molar refractivity (Wildman–Crippen MR) is 121 cm³/mol. The molecule has 2 nitrogen and oxygen atoms in total. The third kappa shape index (κ3) is 2.81. The summed E-state index contributed by atoms with van der Waals surface area (Å²) in [6, 6.07) is 36.4. The van der Waals surface area contributed by atoms with Crippen molar-refractivity contribution >= 4 is 11.5 Å². The Morgan fingerprint density at radius 3 is 1.77 bits per heavy atom. The largest absolute Gasteiger partial charge is 0.287 e. The third-order valence-electron chi connectivity index (χ3n) is 5.76. The molecule has 0 saturated heterocycles. The number of carbonyl (C=O) groups excluding carboxylic acids is 1. The first-order chi connectivity index (χ1) is 14.7. The summed E-state index contributed by atoms with van der Waals surface area (Å²) < 4.78 is 0. The zero-order chi connectivity index (χ0) is 20.6. The van der Waals surface area contributed by atoms with Crippen molar-refractivity contribution in [2.24, 2.45) is 4.99 Å². The van der Waals surface area contributed by atoms with Crippen molar-refractivity contribution in [3.05, 3.63) is 143 Å². The van der Waals surface area contributed by atoms with Gasteiger partial charge in [-0.25, -0.2) is 0 Å². The van der Waals surface area contributed by atoms with Crippen LogP contribution in [-0.2, 0) is 5.54 Å². The van der Waals surface area contributed by atoms with E-state index >= 15 is 0 Å². The molecule has 0 radical (unpaired) electrons. The number of rotatable bonds is 3. The lowest BCUT2D eigenvalue weighted by Crippen LogP contribution is -2.37. The zero-order valence-corrected chi connectivity index (χ0v) is 16.7. The highest BCUT2D eigenvalue weighted by atomic mass is 16.1. The van der Waals surface area contributed by atoms with Gasteiger partial charge in [-0.05, 0) is 23.6 Å². The molecular formula is C28H21NO. The summed E-state index contributed by atoms with van der Waals surface area (Å²) in [6.45, 7) is 2.04. The van der Waals surface area contributed by atoms with E-state index in [1.54, 1.807) is 0 Å². The Morgan fingerprint density at radius 1 is 0.633 bits per heavy atom. The smallest absolute Gasteiger partial charge is 0.211 e. The second-order valence-electron chi connectivity index (χ2n) is 7.64. The second-order valence-corrected chi connectivity index (χ2v) is 7.64. The molecule has 0 aliphatic carbocycles. The molecule has 144 valence electrons. The summed E-state index contributed by atoms with van der Waals surface area (Å²) in [6.07, 6.45) is 0. The van der Waals surface area contributed by atoms with Crippen molar-refractivity contribution in [2.45, 2.75) is 12.5 Å². The third-order valence-corrected chi connectivity index (χ3v) is 5.76. The lowest BCUT2D eigenvalue weighted by Gasteiger charge is -2.37. The van der Waals surface area contributed by atoms with Gasteiger partial charge in [0.15, 0.2) is 0 Å². The SMILES string of the molecule is Cc1ccc(C2=NC(c3ccccc3)(c3ccccc3)c3ccccc3C2=O)cc1. The Labute approximate surface area is 176 Å². The minimum Gasteiger partial charge on any atom is -0.287 e. The first-order valence-corrected chi connectivity index (χ1v) is 10.1. The summed E-state index contributed by atoms with van der Waals surface area (Å²) >= 11 is 0. The number of Topliss-reactive ketones (excluding diaryl/α,β-unsaturated/α-hetero) is 1. The fourth-order valence-electron chi connectivity index (χ4n) is 4.28. The normalized spacial score (nSPS) is 14.7. The maximum Gasteiger partial charge on any atom is 0.211 e. The minimum absolute atomic E-state index is 0.0306. The van der Waals surface area contributed by atoms with Crippen molar-refractivity contribution in [1.82, 2.24) is 0 Å². The summed E-state index contributed by atoms with van der Waals surface area (Å²) in [5, 5.41) is 0. The standard InChI is InChI=1S/C28H21NO/c1-20-16-18-21(19-17-20)26-27(30)24-14-8-9-15-25(24)28(29-26,22-10-4-2-5-11-22)23-12-6-3-7-13-23/h2-19H,1H3. The van der Waals surface area contributed by atoms with Gasteiger partial charge in [-0.1, -0.05) is 115 Å². The van der Waals surface area contributed by atoms with Crippen LogP contribution in [0.2, 0.25) is 0 Å². The van der Waals surface area contributed by atoms with Gasteiger partial charge < -0.3 is 0 Å². The van der Waals surface area contributed by atoms with Crippen LogP contribution in [0.25, 0.3) is 0 Å². The number of aryl methyl sites for hydroxylation is 1. The molecule has 4 aromatic carbocycles. The van der Waals surface area contributed by atoms with Crippen LogP contribution in [0, 0.1) is 6.92 Å². The first-order valence-electron chi connectivity index (χ1n) is 10.1. The summed E-state index contributed by atoms with van der Waals surface area (Å²) in [5.74, 6) is -0.0306. The van der Waals surface area contributed by atoms with Crippen molar-refractivity contribution in [2.75, 3.05) is 0 Å². The molecule has 0 N–H and O–H groups in total. The number of hydrogen-bond donors (Lipinski definition) is 0. The molecule has 4 aromatic rings. The van der Waals surface area contributed by atoms with Gasteiger partial charge in [0.2, 0.25) is 5.78 Å². The average molecular weight is 387 g/mol. The number of ketones is 1. The highest BCUT2D eigenvalue weighted by Crippen LogP contribution is 2.45. The van der Waals surface area contributed by atoms with Gasteiger partial charge >= 0.3 is 0 Å². The van der Waals surface area contributed by atoms with E-state index in [1.165, 1.54) is 0 Å². The van der Waals surface area contributed by atoms with Crippen LogP contribution < -0.4 is 0 Å². The van der Waals surface area contributed by atoms with Crippen LogP contribution in [-0.4, -0.2) is 11.5 Å². The molecule has 0 spiro atoms. The number of benzene rings is 4. The molecule has 30 heavy (non-hydrogen) atoms. The van der Waals surface area contributed by atoms with E-state index < -0.39 is 5.54 Å². The van der Waals surface area contributed by atoms with Gasteiger partial charge in [0, 0.05) is 11.1 Å². The van der Waals surface area contributed by atoms with Gasteiger partial charge in [-0.2, -0.15) is 0 Å². The van der Waals surface area contributed by atoms with Crippen LogP contribution in [0.1, 0.15) is 38.2 Å². The Morgan fingerprint density at radius 2 is 1.17 bits per heavy atom. The Balaban J connectivity index is 1.89. The van der Waals surface area contributed by atoms with E-state index in [1.807, 2.05) is 91.9 Å². The Bertz CT molecular complexity index is 1200. The second kappa shape index (κ2) is 7.23. The van der Waals surface area contributed by atoms with E-state index in [4.69, 9.17) is 4.99 Å². The highest BCUT2D eigenvalue weighted by Gasteiger charge is 2.43. The molecule has 5 rings (SSSR count). The molecule has 1 aliphatic rings. The molecule has 0 aromatic heterocycles. The van der Waals surface area contributed by atoms with E-state index in [2.05, 4.69) is 24.3 Å². The maximum absolute atomic E-state index is 13.5. The number of carbonyl (C=O) groups is 1. The van der Waals surface area contributed by atoms with Crippen LogP contribution in [0.3, 0.4) is 0 Å². The number of fused-ring (bicyclic) bond motifs is 1. The van der Waals surface area contributed by atoms with Crippen molar-refractivity contribution in [3.8, 4) is 0 Å².